The Morgan fingerprint density at radius 2 is 1.55 bits per heavy atom. The molecule has 6 rings (SSSR count). The highest BCUT2D eigenvalue weighted by atomic mass is 32.2. The van der Waals surface area contributed by atoms with Gasteiger partial charge in [0.2, 0.25) is 5.91 Å². The predicted molar refractivity (Wildman–Crippen MR) is 195 cm³/mol. The first-order chi connectivity index (χ1) is 23.9. The van der Waals surface area contributed by atoms with Crippen molar-refractivity contribution < 1.29 is 23.5 Å². The number of hydrogen-bond donors (Lipinski definition) is 3. The second-order valence-electron chi connectivity index (χ2n) is 10.5. The van der Waals surface area contributed by atoms with Crippen LogP contribution in [0.25, 0.3) is 28.7 Å². The van der Waals surface area contributed by atoms with Gasteiger partial charge in [-0.2, -0.15) is 0 Å². The summed E-state index contributed by atoms with van der Waals surface area (Å²) in [6.45, 7) is 0. The van der Waals surface area contributed by atoms with Gasteiger partial charge in [0.1, 0.15) is 23.0 Å². The number of anilines is 2. The number of carbonyl (C=O) groups is 3. The van der Waals surface area contributed by atoms with E-state index in [2.05, 4.69) is 20.9 Å². The second-order valence-corrected chi connectivity index (χ2v) is 12.4. The SMILES string of the molecule is COc1ccccc1-c1ccc(/C=C(/NC(=O)c2ccccc2)C(=O)Nc2ccc(SCC(=O)Nc3nc(-c4ccccc4)cs3)cc2)o1. The highest BCUT2D eigenvalue weighted by Gasteiger charge is 2.17. The summed E-state index contributed by atoms with van der Waals surface area (Å²) in [5.74, 6) is 0.565. The molecule has 0 aliphatic rings. The zero-order valence-electron chi connectivity index (χ0n) is 26.2. The summed E-state index contributed by atoms with van der Waals surface area (Å²) >= 11 is 2.73. The molecule has 3 N–H and O–H groups in total. The first-order valence-electron chi connectivity index (χ1n) is 15.1. The summed E-state index contributed by atoms with van der Waals surface area (Å²) in [4.78, 5) is 44.5. The molecule has 11 heteroatoms. The number of thiazole rings is 1. The molecule has 0 aliphatic heterocycles. The number of benzene rings is 4. The molecule has 0 atom stereocenters. The zero-order valence-corrected chi connectivity index (χ0v) is 27.8. The van der Waals surface area contributed by atoms with Crippen molar-refractivity contribution in [2.45, 2.75) is 4.90 Å². The molecule has 3 amide bonds. The quantitative estimate of drug-likeness (QED) is 0.0876. The molecule has 2 aromatic heterocycles. The molecule has 0 aliphatic carbocycles. The number of furan rings is 1. The van der Waals surface area contributed by atoms with Crippen molar-refractivity contribution in [2.75, 3.05) is 23.5 Å². The number of para-hydroxylation sites is 1. The van der Waals surface area contributed by atoms with Gasteiger partial charge in [0.15, 0.2) is 5.13 Å². The maximum atomic E-state index is 13.5. The average molecular weight is 687 g/mol. The number of rotatable bonds is 12. The molecule has 9 nitrogen and oxygen atoms in total. The van der Waals surface area contributed by atoms with Gasteiger partial charge in [-0.1, -0.05) is 60.7 Å². The maximum Gasteiger partial charge on any atom is 0.272 e. The van der Waals surface area contributed by atoms with Gasteiger partial charge in [-0.05, 0) is 60.7 Å². The Bertz CT molecular complexity index is 2090. The molecule has 0 unspecified atom stereocenters. The van der Waals surface area contributed by atoms with Crippen LogP contribution < -0.4 is 20.7 Å². The zero-order chi connectivity index (χ0) is 34.0. The highest BCUT2D eigenvalue weighted by Crippen LogP contribution is 2.31. The fourth-order valence-electron chi connectivity index (χ4n) is 4.72. The predicted octanol–water partition coefficient (Wildman–Crippen LogP) is 8.22. The number of thioether (sulfide) groups is 1. The van der Waals surface area contributed by atoms with Crippen molar-refractivity contribution in [2.24, 2.45) is 0 Å². The first kappa shape index (κ1) is 33.0. The number of amides is 3. The van der Waals surface area contributed by atoms with Gasteiger partial charge < -0.3 is 25.1 Å². The molecule has 0 bridgehead atoms. The van der Waals surface area contributed by atoms with Crippen molar-refractivity contribution in [3.05, 3.63) is 144 Å². The van der Waals surface area contributed by atoms with Crippen LogP contribution in [0.2, 0.25) is 0 Å². The fourth-order valence-corrected chi connectivity index (χ4v) is 6.15. The minimum absolute atomic E-state index is 0.0116. The van der Waals surface area contributed by atoms with Crippen LogP contribution in [0.1, 0.15) is 16.1 Å². The summed E-state index contributed by atoms with van der Waals surface area (Å²) in [5, 5.41) is 10.9. The standard InChI is InChI=1S/C38H30N4O5S2/c1-46-33-15-9-8-14-30(33)34-21-18-28(47-34)22-31(40-36(44)26-12-6-3-7-13-26)37(45)39-27-16-19-29(20-17-27)48-24-35(43)42-38-41-32(23-49-38)25-10-4-2-5-11-25/h2-23H,24H2,1H3,(H,39,45)(H,40,44)(H,41,42,43)/b31-22+. The summed E-state index contributed by atoms with van der Waals surface area (Å²) in [6.07, 6.45) is 1.48. The largest absolute Gasteiger partial charge is 0.496 e. The van der Waals surface area contributed by atoms with Crippen LogP contribution in [0.15, 0.2) is 142 Å². The van der Waals surface area contributed by atoms with Crippen LogP contribution in [0, 0.1) is 0 Å². The van der Waals surface area contributed by atoms with Gasteiger partial charge >= 0.3 is 0 Å². The van der Waals surface area contributed by atoms with E-state index in [1.54, 1.807) is 61.7 Å². The maximum absolute atomic E-state index is 13.5. The normalized spacial score (nSPS) is 11.1. The van der Waals surface area contributed by atoms with Gasteiger partial charge in [-0.25, -0.2) is 4.98 Å². The Labute approximate surface area is 291 Å². The summed E-state index contributed by atoms with van der Waals surface area (Å²) in [7, 11) is 1.58. The molecular formula is C38H30N4O5S2. The molecule has 0 spiro atoms. The summed E-state index contributed by atoms with van der Waals surface area (Å²) in [5.41, 5.74) is 3.44. The van der Waals surface area contributed by atoms with Gasteiger partial charge in [0, 0.05) is 33.2 Å². The van der Waals surface area contributed by atoms with Crippen LogP contribution in [-0.4, -0.2) is 35.6 Å². The van der Waals surface area contributed by atoms with Crippen LogP contribution in [-0.2, 0) is 9.59 Å². The lowest BCUT2D eigenvalue weighted by molar-refractivity contribution is -0.114. The van der Waals surface area contributed by atoms with Crippen molar-refractivity contribution in [1.82, 2.24) is 10.3 Å². The Balaban J connectivity index is 1.10. The number of ether oxygens (including phenoxy) is 1. The molecule has 49 heavy (non-hydrogen) atoms. The van der Waals surface area contributed by atoms with E-state index in [0.717, 1.165) is 21.7 Å². The smallest absolute Gasteiger partial charge is 0.272 e. The highest BCUT2D eigenvalue weighted by molar-refractivity contribution is 8.00. The number of nitrogens with one attached hydrogen (secondary N) is 3. The number of aromatic nitrogens is 1. The van der Waals surface area contributed by atoms with Crippen molar-refractivity contribution in [3.8, 4) is 28.3 Å². The number of nitrogens with zero attached hydrogens (tertiary/aromatic N) is 1. The molecule has 2 heterocycles. The molecule has 0 fully saturated rings. The Morgan fingerprint density at radius 1 is 0.837 bits per heavy atom. The Hall–Kier alpha value is -5.91. The van der Waals surface area contributed by atoms with Gasteiger partial charge in [0.05, 0.1) is 24.1 Å². The van der Waals surface area contributed by atoms with E-state index in [1.165, 1.54) is 29.2 Å². The Morgan fingerprint density at radius 3 is 2.31 bits per heavy atom. The third-order valence-corrected chi connectivity index (χ3v) is 8.89. The monoisotopic (exact) mass is 686 g/mol. The molecule has 0 saturated carbocycles. The van der Waals surface area contributed by atoms with Crippen molar-refractivity contribution in [1.29, 1.82) is 0 Å². The number of hydrogen-bond acceptors (Lipinski definition) is 8. The van der Waals surface area contributed by atoms with E-state index in [1.807, 2.05) is 72.1 Å². The topological polar surface area (TPSA) is 123 Å². The molecule has 0 saturated heterocycles. The van der Waals surface area contributed by atoms with Crippen LogP contribution >= 0.6 is 23.1 Å². The van der Waals surface area contributed by atoms with Crippen molar-refractivity contribution >= 4 is 57.7 Å². The molecular weight excluding hydrogens is 657 g/mol. The van der Waals surface area contributed by atoms with Gasteiger partial charge in [-0.15, -0.1) is 23.1 Å². The lowest BCUT2D eigenvalue weighted by Gasteiger charge is -2.11. The van der Waals surface area contributed by atoms with Gasteiger partial charge in [-0.3, -0.25) is 14.4 Å². The summed E-state index contributed by atoms with van der Waals surface area (Å²) in [6, 6.07) is 36.4. The van der Waals surface area contributed by atoms with E-state index in [9.17, 15) is 14.4 Å². The van der Waals surface area contributed by atoms with E-state index < -0.39 is 11.8 Å². The fraction of sp³-hybridized carbons (Fsp3) is 0.0526. The third-order valence-electron chi connectivity index (χ3n) is 7.12. The lowest BCUT2D eigenvalue weighted by Crippen LogP contribution is -2.30. The molecule has 4 aromatic carbocycles. The van der Waals surface area contributed by atoms with Crippen molar-refractivity contribution in [3.63, 3.8) is 0 Å². The van der Waals surface area contributed by atoms with E-state index in [4.69, 9.17) is 9.15 Å². The van der Waals surface area contributed by atoms with E-state index in [0.29, 0.717) is 33.7 Å². The number of methoxy groups -OCH3 is 1. The first-order valence-corrected chi connectivity index (χ1v) is 17.0. The Kier molecular flexibility index (Phi) is 10.6. The van der Waals surface area contributed by atoms with Gasteiger partial charge in [0.25, 0.3) is 11.8 Å². The van der Waals surface area contributed by atoms with Crippen LogP contribution in [0.3, 0.4) is 0 Å². The lowest BCUT2D eigenvalue weighted by atomic mass is 10.1. The van der Waals surface area contributed by atoms with Crippen LogP contribution in [0.5, 0.6) is 5.75 Å². The molecule has 244 valence electrons. The second kappa shape index (κ2) is 15.8. The molecule has 6 aromatic rings. The minimum atomic E-state index is -0.544. The van der Waals surface area contributed by atoms with E-state index >= 15 is 0 Å². The minimum Gasteiger partial charge on any atom is -0.496 e. The molecule has 0 radical (unpaired) electrons. The van der Waals surface area contributed by atoms with E-state index in [-0.39, 0.29) is 17.4 Å². The third kappa shape index (κ3) is 8.72. The number of carbonyl (C=O) groups excluding carboxylic acids is 3. The van der Waals surface area contributed by atoms with Crippen LogP contribution in [0.4, 0.5) is 10.8 Å². The summed E-state index contributed by atoms with van der Waals surface area (Å²) < 4.78 is 11.5. The average Bonchev–Trinajstić information content (AvgIpc) is 3.82.